The van der Waals surface area contributed by atoms with Crippen molar-refractivity contribution in [1.82, 2.24) is 15.4 Å². The van der Waals surface area contributed by atoms with Gasteiger partial charge < -0.3 is 10.6 Å². The van der Waals surface area contributed by atoms with Crippen LogP contribution in [-0.2, 0) is 33.7 Å². The first-order chi connectivity index (χ1) is 13.2. The molecule has 0 aliphatic rings. The van der Waals surface area contributed by atoms with Crippen LogP contribution in [0.4, 0.5) is 0 Å². The normalized spacial score (nSPS) is 11.4. The standard InChI is InChI=1S/C19H25N3O4S2/c1-13(2)22-28(25,26)12-16-7-5-4-6-15(16)10-21-19(24)18-9-8-17(27-18)11-20-14(3)23/h4-9,13,22H,10-12H2,1-3H3,(H,20,23)(H,21,24). The predicted molar refractivity (Wildman–Crippen MR) is 110 cm³/mol. The second-order valence-corrected chi connectivity index (χ2v) is 9.58. The highest BCUT2D eigenvalue weighted by molar-refractivity contribution is 7.88. The van der Waals surface area contributed by atoms with Gasteiger partial charge in [-0.25, -0.2) is 13.1 Å². The SMILES string of the molecule is CC(=O)NCc1ccc(C(=O)NCc2ccccc2CS(=O)(=O)NC(C)C)s1. The van der Waals surface area contributed by atoms with Gasteiger partial charge in [0.05, 0.1) is 17.2 Å². The van der Waals surface area contributed by atoms with Gasteiger partial charge in [-0.1, -0.05) is 24.3 Å². The van der Waals surface area contributed by atoms with E-state index in [0.717, 1.165) is 10.4 Å². The van der Waals surface area contributed by atoms with Gasteiger partial charge in [-0.3, -0.25) is 9.59 Å². The van der Waals surface area contributed by atoms with Crippen LogP contribution in [0, 0.1) is 0 Å². The first-order valence-corrected chi connectivity index (χ1v) is 11.3. The minimum atomic E-state index is -3.45. The van der Waals surface area contributed by atoms with Crippen molar-refractivity contribution in [2.45, 2.75) is 45.7 Å². The number of rotatable bonds is 9. The number of amides is 2. The summed E-state index contributed by atoms with van der Waals surface area (Å²) >= 11 is 1.31. The van der Waals surface area contributed by atoms with E-state index in [1.165, 1.54) is 18.3 Å². The third-order valence-corrected chi connectivity index (χ3v) is 6.32. The molecule has 2 aromatic rings. The molecule has 9 heteroatoms. The van der Waals surface area contributed by atoms with E-state index >= 15 is 0 Å². The van der Waals surface area contributed by atoms with E-state index in [2.05, 4.69) is 15.4 Å². The molecular weight excluding hydrogens is 398 g/mol. The van der Waals surface area contributed by atoms with Crippen molar-refractivity contribution in [3.05, 3.63) is 57.3 Å². The number of benzene rings is 1. The monoisotopic (exact) mass is 423 g/mol. The molecule has 0 radical (unpaired) electrons. The van der Waals surface area contributed by atoms with E-state index in [0.29, 0.717) is 17.0 Å². The van der Waals surface area contributed by atoms with E-state index in [9.17, 15) is 18.0 Å². The highest BCUT2D eigenvalue weighted by Crippen LogP contribution is 2.17. The molecule has 0 aliphatic heterocycles. The molecule has 0 atom stereocenters. The quantitative estimate of drug-likeness (QED) is 0.575. The number of hydrogen-bond acceptors (Lipinski definition) is 5. The Morgan fingerprint density at radius 1 is 1.00 bits per heavy atom. The topological polar surface area (TPSA) is 104 Å². The van der Waals surface area contributed by atoms with E-state index in [1.54, 1.807) is 44.2 Å². The number of carbonyl (C=O) groups is 2. The molecule has 3 N–H and O–H groups in total. The highest BCUT2D eigenvalue weighted by Gasteiger charge is 2.16. The van der Waals surface area contributed by atoms with Crippen LogP contribution < -0.4 is 15.4 Å². The fourth-order valence-electron chi connectivity index (χ4n) is 2.55. The first kappa shape index (κ1) is 22.1. The summed E-state index contributed by atoms with van der Waals surface area (Å²) in [5, 5.41) is 5.52. The molecule has 0 spiro atoms. The Bertz CT molecular complexity index is 936. The smallest absolute Gasteiger partial charge is 0.261 e. The maximum absolute atomic E-state index is 12.4. The zero-order chi connectivity index (χ0) is 20.7. The van der Waals surface area contributed by atoms with Crippen LogP contribution >= 0.6 is 11.3 Å². The predicted octanol–water partition coefficient (Wildman–Crippen LogP) is 2.14. The van der Waals surface area contributed by atoms with E-state index in [-0.39, 0.29) is 30.2 Å². The van der Waals surface area contributed by atoms with Crippen molar-refractivity contribution in [3.8, 4) is 0 Å². The summed E-state index contributed by atoms with van der Waals surface area (Å²) in [6.45, 7) is 5.59. The van der Waals surface area contributed by atoms with Crippen LogP contribution in [0.15, 0.2) is 36.4 Å². The summed E-state index contributed by atoms with van der Waals surface area (Å²) in [5.74, 6) is -0.508. The Kier molecular flexibility index (Phi) is 7.73. The lowest BCUT2D eigenvalue weighted by molar-refractivity contribution is -0.119. The van der Waals surface area contributed by atoms with Crippen molar-refractivity contribution in [2.24, 2.45) is 0 Å². The Balaban J connectivity index is 2.01. The molecule has 1 heterocycles. The Morgan fingerprint density at radius 2 is 1.68 bits per heavy atom. The fraction of sp³-hybridized carbons (Fsp3) is 0.368. The molecule has 1 aromatic carbocycles. The third-order valence-electron chi connectivity index (χ3n) is 3.72. The van der Waals surface area contributed by atoms with Crippen molar-refractivity contribution in [1.29, 1.82) is 0 Å². The number of sulfonamides is 1. The van der Waals surface area contributed by atoms with Crippen molar-refractivity contribution >= 4 is 33.2 Å². The molecule has 0 unspecified atom stereocenters. The van der Waals surface area contributed by atoms with Crippen molar-refractivity contribution < 1.29 is 18.0 Å². The van der Waals surface area contributed by atoms with Gasteiger partial charge in [-0.15, -0.1) is 11.3 Å². The minimum absolute atomic E-state index is 0.127. The Labute approximate surface area is 169 Å². The van der Waals surface area contributed by atoms with Crippen LogP contribution in [0.2, 0.25) is 0 Å². The highest BCUT2D eigenvalue weighted by atomic mass is 32.2. The summed E-state index contributed by atoms with van der Waals surface area (Å²) in [6, 6.07) is 10.5. The van der Waals surface area contributed by atoms with Gasteiger partial charge in [0.2, 0.25) is 15.9 Å². The molecule has 0 fully saturated rings. The van der Waals surface area contributed by atoms with Crippen LogP contribution in [0.3, 0.4) is 0 Å². The van der Waals surface area contributed by atoms with Gasteiger partial charge in [0.15, 0.2) is 0 Å². The molecule has 0 bridgehead atoms. The number of nitrogens with one attached hydrogen (secondary N) is 3. The maximum Gasteiger partial charge on any atom is 0.261 e. The van der Waals surface area contributed by atoms with E-state index in [4.69, 9.17) is 0 Å². The van der Waals surface area contributed by atoms with Gasteiger partial charge in [-0.2, -0.15) is 0 Å². The second kappa shape index (κ2) is 9.81. The van der Waals surface area contributed by atoms with E-state index in [1.807, 2.05) is 6.07 Å². The average molecular weight is 424 g/mol. The molecule has 28 heavy (non-hydrogen) atoms. The molecule has 7 nitrogen and oxygen atoms in total. The summed E-state index contributed by atoms with van der Waals surface area (Å²) in [4.78, 5) is 24.8. The average Bonchev–Trinajstić information content (AvgIpc) is 3.06. The molecule has 2 rings (SSSR count). The largest absolute Gasteiger partial charge is 0.351 e. The molecular formula is C19H25N3O4S2. The molecule has 2 amide bonds. The summed E-state index contributed by atoms with van der Waals surface area (Å²) in [6.07, 6.45) is 0. The van der Waals surface area contributed by atoms with Gasteiger partial charge in [0.25, 0.3) is 5.91 Å². The summed E-state index contributed by atoms with van der Waals surface area (Å²) in [7, 11) is -3.45. The zero-order valence-corrected chi connectivity index (χ0v) is 17.7. The molecule has 0 aliphatic carbocycles. The van der Waals surface area contributed by atoms with Gasteiger partial charge >= 0.3 is 0 Å². The van der Waals surface area contributed by atoms with Gasteiger partial charge in [-0.05, 0) is 37.1 Å². The lowest BCUT2D eigenvalue weighted by Gasteiger charge is -2.13. The van der Waals surface area contributed by atoms with Crippen LogP contribution in [0.5, 0.6) is 0 Å². The summed E-state index contributed by atoms with van der Waals surface area (Å²) < 4.78 is 27.0. The first-order valence-electron chi connectivity index (χ1n) is 8.84. The van der Waals surface area contributed by atoms with Crippen LogP contribution in [-0.4, -0.2) is 26.3 Å². The van der Waals surface area contributed by atoms with E-state index < -0.39 is 10.0 Å². The number of hydrogen-bond donors (Lipinski definition) is 3. The second-order valence-electron chi connectivity index (χ2n) is 6.66. The van der Waals surface area contributed by atoms with Gasteiger partial charge in [0, 0.05) is 24.4 Å². The number of carbonyl (C=O) groups excluding carboxylic acids is 2. The zero-order valence-electron chi connectivity index (χ0n) is 16.1. The van der Waals surface area contributed by atoms with Crippen LogP contribution in [0.25, 0.3) is 0 Å². The molecule has 0 saturated carbocycles. The lowest BCUT2D eigenvalue weighted by atomic mass is 10.1. The lowest BCUT2D eigenvalue weighted by Crippen LogP contribution is -2.31. The Morgan fingerprint density at radius 3 is 2.32 bits per heavy atom. The van der Waals surface area contributed by atoms with Crippen LogP contribution in [0.1, 0.15) is 46.4 Å². The molecule has 152 valence electrons. The van der Waals surface area contributed by atoms with Crippen molar-refractivity contribution in [2.75, 3.05) is 0 Å². The minimum Gasteiger partial charge on any atom is -0.351 e. The van der Waals surface area contributed by atoms with Crippen molar-refractivity contribution in [3.63, 3.8) is 0 Å². The maximum atomic E-state index is 12.4. The molecule has 0 saturated heterocycles. The fourth-order valence-corrected chi connectivity index (χ4v) is 4.90. The van der Waals surface area contributed by atoms with Gasteiger partial charge in [0.1, 0.15) is 0 Å². The summed E-state index contributed by atoms with van der Waals surface area (Å²) in [5.41, 5.74) is 1.40. The third kappa shape index (κ3) is 7.06. The molecule has 1 aromatic heterocycles. The number of thiophene rings is 1. The Hall–Kier alpha value is -2.23.